The fourth-order valence-corrected chi connectivity index (χ4v) is 2.25. The third-order valence-electron chi connectivity index (χ3n) is 2.02. The summed E-state index contributed by atoms with van der Waals surface area (Å²) in [6.07, 6.45) is -0.696. The molecule has 4 heteroatoms. The lowest BCUT2D eigenvalue weighted by Crippen LogP contribution is -2.26. The van der Waals surface area contributed by atoms with Crippen molar-refractivity contribution >= 4 is 17.7 Å². The number of carbonyl (C=O) groups is 1. The Hall–Kier alpha value is -1.00. The second kappa shape index (κ2) is 7.30. The van der Waals surface area contributed by atoms with E-state index in [-0.39, 0.29) is 0 Å². The van der Waals surface area contributed by atoms with E-state index in [1.54, 1.807) is 18.7 Å². The van der Waals surface area contributed by atoms with Crippen molar-refractivity contribution in [2.75, 3.05) is 12.4 Å². The molecule has 0 saturated carbocycles. The molecule has 0 aliphatic rings. The number of thioether (sulfide) groups is 1. The second-order valence-electron chi connectivity index (χ2n) is 3.28. The summed E-state index contributed by atoms with van der Waals surface area (Å²) < 4.78 is 5.12. The van der Waals surface area contributed by atoms with Crippen molar-refractivity contribution in [3.8, 4) is 0 Å². The summed E-state index contributed by atoms with van der Waals surface area (Å²) in [5, 5.41) is 8.86. The molecule has 1 unspecified atom stereocenters. The average molecular weight is 240 g/mol. The number of aliphatic carboxylic acids is 1. The lowest BCUT2D eigenvalue weighted by molar-refractivity contribution is -0.148. The Balaban J connectivity index is 2.31. The standard InChI is InChI=1S/C12H16O3S/c1-2-15-11(12(13)14)9-16-8-10-6-4-3-5-7-10/h3-7,11H,2,8-9H2,1H3,(H,13,14). The number of hydrogen-bond acceptors (Lipinski definition) is 3. The molecule has 1 aromatic carbocycles. The fraction of sp³-hybridized carbons (Fsp3) is 0.417. The van der Waals surface area contributed by atoms with Gasteiger partial charge in [-0.05, 0) is 12.5 Å². The molecule has 0 radical (unpaired) electrons. The summed E-state index contributed by atoms with van der Waals surface area (Å²) in [5.41, 5.74) is 1.20. The predicted molar refractivity (Wildman–Crippen MR) is 65.7 cm³/mol. The molecule has 1 aromatic rings. The summed E-state index contributed by atoms with van der Waals surface area (Å²) in [6, 6.07) is 9.99. The van der Waals surface area contributed by atoms with Crippen LogP contribution in [0.25, 0.3) is 0 Å². The topological polar surface area (TPSA) is 46.5 Å². The van der Waals surface area contributed by atoms with Crippen molar-refractivity contribution in [2.24, 2.45) is 0 Å². The maximum absolute atomic E-state index is 10.8. The highest BCUT2D eigenvalue weighted by molar-refractivity contribution is 7.98. The largest absolute Gasteiger partial charge is 0.479 e. The molecule has 16 heavy (non-hydrogen) atoms. The van der Waals surface area contributed by atoms with Crippen LogP contribution in [-0.2, 0) is 15.3 Å². The van der Waals surface area contributed by atoms with E-state index < -0.39 is 12.1 Å². The van der Waals surface area contributed by atoms with Gasteiger partial charge in [0.1, 0.15) is 0 Å². The van der Waals surface area contributed by atoms with Gasteiger partial charge in [-0.25, -0.2) is 4.79 Å². The van der Waals surface area contributed by atoms with Crippen molar-refractivity contribution in [3.63, 3.8) is 0 Å². The monoisotopic (exact) mass is 240 g/mol. The molecular formula is C12H16O3S. The number of carboxylic acid groups (broad SMARTS) is 1. The van der Waals surface area contributed by atoms with Gasteiger partial charge >= 0.3 is 5.97 Å². The molecule has 1 rings (SSSR count). The number of benzene rings is 1. The minimum Gasteiger partial charge on any atom is -0.479 e. The maximum Gasteiger partial charge on any atom is 0.333 e. The van der Waals surface area contributed by atoms with Crippen molar-refractivity contribution in [3.05, 3.63) is 35.9 Å². The third-order valence-corrected chi connectivity index (χ3v) is 3.10. The normalized spacial score (nSPS) is 12.3. The van der Waals surface area contributed by atoms with E-state index in [4.69, 9.17) is 9.84 Å². The molecule has 0 aromatic heterocycles. The minimum absolute atomic E-state index is 0.433. The van der Waals surface area contributed by atoms with Crippen LogP contribution in [0, 0.1) is 0 Å². The summed E-state index contributed by atoms with van der Waals surface area (Å²) in [7, 11) is 0. The SMILES string of the molecule is CCOC(CSCc1ccccc1)C(=O)O. The summed E-state index contributed by atoms with van der Waals surface area (Å²) in [6.45, 7) is 2.24. The first-order chi connectivity index (χ1) is 7.74. The first-order valence-electron chi connectivity index (χ1n) is 5.20. The van der Waals surface area contributed by atoms with Gasteiger partial charge in [0.05, 0.1) is 0 Å². The van der Waals surface area contributed by atoms with Crippen LogP contribution in [0.15, 0.2) is 30.3 Å². The molecule has 0 amide bonds. The van der Waals surface area contributed by atoms with Crippen LogP contribution >= 0.6 is 11.8 Å². The van der Waals surface area contributed by atoms with E-state index in [2.05, 4.69) is 0 Å². The molecule has 1 atom stereocenters. The van der Waals surface area contributed by atoms with E-state index in [9.17, 15) is 4.79 Å². The number of hydrogen-bond donors (Lipinski definition) is 1. The van der Waals surface area contributed by atoms with Crippen LogP contribution < -0.4 is 0 Å². The van der Waals surface area contributed by atoms with Crippen LogP contribution in [0.3, 0.4) is 0 Å². The summed E-state index contributed by atoms with van der Waals surface area (Å²) >= 11 is 1.58. The molecule has 0 fully saturated rings. The molecule has 0 spiro atoms. The minimum atomic E-state index is -0.887. The molecule has 1 N–H and O–H groups in total. The van der Waals surface area contributed by atoms with Crippen LogP contribution in [0.5, 0.6) is 0 Å². The van der Waals surface area contributed by atoms with Crippen molar-refractivity contribution in [1.29, 1.82) is 0 Å². The molecular weight excluding hydrogens is 224 g/mol. The molecule has 88 valence electrons. The van der Waals surface area contributed by atoms with E-state index in [0.29, 0.717) is 12.4 Å². The van der Waals surface area contributed by atoms with Crippen molar-refractivity contribution in [1.82, 2.24) is 0 Å². The third kappa shape index (κ3) is 4.68. The fourth-order valence-electron chi connectivity index (χ4n) is 1.25. The first kappa shape index (κ1) is 13.1. The van der Waals surface area contributed by atoms with Gasteiger partial charge in [0.25, 0.3) is 0 Å². The Morgan fingerprint density at radius 3 is 2.69 bits per heavy atom. The van der Waals surface area contributed by atoms with Gasteiger partial charge < -0.3 is 9.84 Å². The van der Waals surface area contributed by atoms with Gasteiger partial charge in [-0.1, -0.05) is 30.3 Å². The number of rotatable bonds is 7. The quantitative estimate of drug-likeness (QED) is 0.795. The Morgan fingerprint density at radius 2 is 2.12 bits per heavy atom. The zero-order valence-corrected chi connectivity index (χ0v) is 10.1. The van der Waals surface area contributed by atoms with E-state index in [1.807, 2.05) is 30.3 Å². The van der Waals surface area contributed by atoms with E-state index in [0.717, 1.165) is 5.75 Å². The zero-order valence-electron chi connectivity index (χ0n) is 9.26. The Bertz CT molecular complexity index is 313. The Labute approximate surface area is 99.8 Å². The van der Waals surface area contributed by atoms with Gasteiger partial charge in [-0.3, -0.25) is 0 Å². The zero-order chi connectivity index (χ0) is 11.8. The smallest absolute Gasteiger partial charge is 0.333 e. The van der Waals surface area contributed by atoms with E-state index in [1.165, 1.54) is 5.56 Å². The highest BCUT2D eigenvalue weighted by atomic mass is 32.2. The van der Waals surface area contributed by atoms with Gasteiger partial charge in [0.2, 0.25) is 0 Å². The predicted octanol–water partition coefficient (Wildman–Crippen LogP) is 2.41. The first-order valence-corrected chi connectivity index (χ1v) is 6.35. The van der Waals surface area contributed by atoms with Gasteiger partial charge in [0, 0.05) is 18.1 Å². The lowest BCUT2D eigenvalue weighted by Gasteiger charge is -2.11. The summed E-state index contributed by atoms with van der Waals surface area (Å²) in [5.74, 6) is 0.415. The van der Waals surface area contributed by atoms with Crippen LogP contribution in [0.1, 0.15) is 12.5 Å². The average Bonchev–Trinajstić information content (AvgIpc) is 2.29. The number of carboxylic acids is 1. The highest BCUT2D eigenvalue weighted by Crippen LogP contribution is 2.14. The Kier molecular flexibility index (Phi) is 5.96. The summed E-state index contributed by atoms with van der Waals surface area (Å²) in [4.78, 5) is 10.8. The highest BCUT2D eigenvalue weighted by Gasteiger charge is 2.16. The van der Waals surface area contributed by atoms with Crippen LogP contribution in [0.4, 0.5) is 0 Å². The van der Waals surface area contributed by atoms with Crippen molar-refractivity contribution < 1.29 is 14.6 Å². The maximum atomic E-state index is 10.8. The van der Waals surface area contributed by atoms with Gasteiger partial charge in [0.15, 0.2) is 6.10 Å². The second-order valence-corrected chi connectivity index (χ2v) is 4.31. The van der Waals surface area contributed by atoms with Crippen LogP contribution in [-0.4, -0.2) is 29.5 Å². The number of ether oxygens (including phenoxy) is 1. The Morgan fingerprint density at radius 1 is 1.44 bits per heavy atom. The lowest BCUT2D eigenvalue weighted by atomic mass is 10.2. The molecule has 3 nitrogen and oxygen atoms in total. The van der Waals surface area contributed by atoms with Gasteiger partial charge in [-0.15, -0.1) is 0 Å². The molecule has 0 saturated heterocycles. The van der Waals surface area contributed by atoms with Crippen LogP contribution in [0.2, 0.25) is 0 Å². The molecule has 0 aliphatic carbocycles. The van der Waals surface area contributed by atoms with Gasteiger partial charge in [-0.2, -0.15) is 11.8 Å². The van der Waals surface area contributed by atoms with Crippen molar-refractivity contribution in [2.45, 2.75) is 18.8 Å². The molecule has 0 heterocycles. The van der Waals surface area contributed by atoms with E-state index >= 15 is 0 Å². The molecule has 0 bridgehead atoms. The molecule has 0 aliphatic heterocycles.